The molecule has 1 N–H and O–H groups in total. The molecule has 5 nitrogen and oxygen atoms in total. The fourth-order valence-electron chi connectivity index (χ4n) is 2.91. The molecule has 3 aromatic rings. The van der Waals surface area contributed by atoms with Crippen LogP contribution in [0.2, 0.25) is 0 Å². The summed E-state index contributed by atoms with van der Waals surface area (Å²) in [6.07, 6.45) is 2.39. The van der Waals surface area contributed by atoms with Crippen LogP contribution in [0.15, 0.2) is 60.8 Å². The lowest BCUT2D eigenvalue weighted by molar-refractivity contribution is 0.0919. The van der Waals surface area contributed by atoms with Crippen LogP contribution in [-0.4, -0.2) is 22.3 Å². The van der Waals surface area contributed by atoms with Gasteiger partial charge in [0.15, 0.2) is 5.69 Å². The highest BCUT2D eigenvalue weighted by Gasteiger charge is 2.23. The molecule has 1 aromatic heterocycles. The van der Waals surface area contributed by atoms with Gasteiger partial charge in [-0.1, -0.05) is 18.2 Å². The van der Waals surface area contributed by atoms with Crippen LogP contribution in [0.5, 0.6) is 5.75 Å². The van der Waals surface area contributed by atoms with E-state index in [-0.39, 0.29) is 17.8 Å². The van der Waals surface area contributed by atoms with E-state index in [1.807, 2.05) is 24.3 Å². The first kappa shape index (κ1) is 15.4. The van der Waals surface area contributed by atoms with Crippen molar-refractivity contribution in [2.75, 3.05) is 6.61 Å². The van der Waals surface area contributed by atoms with Crippen molar-refractivity contribution in [1.82, 2.24) is 15.1 Å². The quantitative estimate of drug-likeness (QED) is 0.798. The van der Waals surface area contributed by atoms with Crippen LogP contribution in [-0.2, 0) is 0 Å². The molecule has 1 atom stereocenters. The topological polar surface area (TPSA) is 56.1 Å². The Hall–Kier alpha value is -3.15. The number of ether oxygens (including phenoxy) is 1. The fourth-order valence-corrected chi connectivity index (χ4v) is 2.91. The van der Waals surface area contributed by atoms with E-state index in [0.29, 0.717) is 24.4 Å². The minimum absolute atomic E-state index is 0.103. The maximum Gasteiger partial charge on any atom is 0.272 e. The smallest absolute Gasteiger partial charge is 0.272 e. The predicted octanol–water partition coefficient (Wildman–Crippen LogP) is 3.27. The third-order valence-corrected chi connectivity index (χ3v) is 4.18. The lowest BCUT2D eigenvalue weighted by Gasteiger charge is -2.26. The zero-order chi connectivity index (χ0) is 17.2. The number of nitrogens with zero attached hydrogens (tertiary/aromatic N) is 2. The van der Waals surface area contributed by atoms with Crippen molar-refractivity contribution in [2.24, 2.45) is 0 Å². The van der Waals surface area contributed by atoms with Gasteiger partial charge < -0.3 is 10.1 Å². The normalized spacial score (nSPS) is 16.0. The second kappa shape index (κ2) is 6.39. The molecule has 1 amide bonds. The van der Waals surface area contributed by atoms with Crippen molar-refractivity contribution in [2.45, 2.75) is 12.5 Å². The molecule has 0 bridgehead atoms. The first-order valence-corrected chi connectivity index (χ1v) is 8.05. The number of halogens is 1. The van der Waals surface area contributed by atoms with Gasteiger partial charge in [-0.25, -0.2) is 9.07 Å². The molecule has 4 rings (SSSR count). The van der Waals surface area contributed by atoms with Crippen LogP contribution >= 0.6 is 0 Å². The Balaban J connectivity index is 1.52. The molecular formula is C19H16FN3O2. The minimum atomic E-state index is -0.313. The third-order valence-electron chi connectivity index (χ3n) is 4.18. The van der Waals surface area contributed by atoms with Crippen molar-refractivity contribution in [3.63, 3.8) is 0 Å². The number of hydrogen-bond acceptors (Lipinski definition) is 3. The third kappa shape index (κ3) is 3.10. The molecule has 0 spiro atoms. The fraction of sp³-hybridized carbons (Fsp3) is 0.158. The van der Waals surface area contributed by atoms with Gasteiger partial charge in [0.25, 0.3) is 5.91 Å². The summed E-state index contributed by atoms with van der Waals surface area (Å²) in [4.78, 5) is 12.5. The summed E-state index contributed by atoms with van der Waals surface area (Å²) in [5, 5.41) is 7.29. The molecule has 0 fully saturated rings. The zero-order valence-corrected chi connectivity index (χ0v) is 13.4. The number of rotatable bonds is 3. The standard InChI is InChI=1S/C19H16FN3O2/c20-13-5-7-14(8-6-13)23-11-9-17(22-23)19(24)21-16-10-12-25-18-4-2-1-3-15(16)18/h1-9,11,16H,10,12H2,(H,21,24). The molecule has 1 aliphatic rings. The van der Waals surface area contributed by atoms with Crippen molar-refractivity contribution < 1.29 is 13.9 Å². The van der Waals surface area contributed by atoms with Gasteiger partial charge in [-0.2, -0.15) is 5.10 Å². The maximum absolute atomic E-state index is 13.0. The van der Waals surface area contributed by atoms with Crippen LogP contribution in [0.1, 0.15) is 28.5 Å². The van der Waals surface area contributed by atoms with E-state index in [1.54, 1.807) is 29.1 Å². The second-order valence-electron chi connectivity index (χ2n) is 5.82. The summed E-state index contributed by atoms with van der Waals surface area (Å²) in [5.41, 5.74) is 1.98. The number of benzene rings is 2. The highest BCUT2D eigenvalue weighted by atomic mass is 19.1. The lowest BCUT2D eigenvalue weighted by Crippen LogP contribution is -2.32. The molecule has 1 aliphatic heterocycles. The molecular weight excluding hydrogens is 321 g/mol. The van der Waals surface area contributed by atoms with Crippen LogP contribution in [0, 0.1) is 5.82 Å². The van der Waals surface area contributed by atoms with Crippen molar-refractivity contribution in [1.29, 1.82) is 0 Å². The van der Waals surface area contributed by atoms with Crippen molar-refractivity contribution >= 4 is 5.91 Å². The van der Waals surface area contributed by atoms with Gasteiger partial charge in [0.2, 0.25) is 0 Å². The van der Waals surface area contributed by atoms with Crippen LogP contribution in [0.3, 0.4) is 0 Å². The summed E-state index contributed by atoms with van der Waals surface area (Å²) in [6.45, 7) is 0.561. The highest BCUT2D eigenvalue weighted by Crippen LogP contribution is 2.31. The SMILES string of the molecule is O=C(NC1CCOc2ccccc21)c1ccn(-c2ccc(F)cc2)n1. The summed E-state index contributed by atoms with van der Waals surface area (Å²) < 4.78 is 20.2. The zero-order valence-electron chi connectivity index (χ0n) is 13.4. The summed E-state index contributed by atoms with van der Waals surface area (Å²) in [6, 6.07) is 15.2. The van der Waals surface area contributed by atoms with Crippen LogP contribution in [0.25, 0.3) is 5.69 Å². The monoisotopic (exact) mass is 337 g/mol. The van der Waals surface area contributed by atoms with Gasteiger partial charge in [0.05, 0.1) is 18.3 Å². The summed E-state index contributed by atoms with van der Waals surface area (Å²) in [5.74, 6) is 0.241. The van der Waals surface area contributed by atoms with Gasteiger partial charge in [0, 0.05) is 18.2 Å². The molecule has 0 saturated carbocycles. The number of carbonyl (C=O) groups is 1. The molecule has 0 aliphatic carbocycles. The largest absolute Gasteiger partial charge is 0.493 e. The second-order valence-corrected chi connectivity index (χ2v) is 5.82. The van der Waals surface area contributed by atoms with Crippen molar-refractivity contribution in [3.8, 4) is 11.4 Å². The van der Waals surface area contributed by atoms with Crippen LogP contribution in [0.4, 0.5) is 4.39 Å². The van der Waals surface area contributed by atoms with Gasteiger partial charge in [-0.3, -0.25) is 4.79 Å². The lowest BCUT2D eigenvalue weighted by atomic mass is 10.0. The maximum atomic E-state index is 13.0. The average molecular weight is 337 g/mol. The van der Waals surface area contributed by atoms with Gasteiger partial charge in [-0.15, -0.1) is 0 Å². The van der Waals surface area contributed by atoms with Crippen LogP contribution < -0.4 is 10.1 Å². The van der Waals surface area contributed by atoms with E-state index in [0.717, 1.165) is 11.3 Å². The molecule has 0 radical (unpaired) electrons. The Kier molecular flexibility index (Phi) is 3.93. The van der Waals surface area contributed by atoms with E-state index in [9.17, 15) is 9.18 Å². The molecule has 2 heterocycles. The molecule has 126 valence electrons. The highest BCUT2D eigenvalue weighted by molar-refractivity contribution is 5.92. The van der Waals surface area contributed by atoms with E-state index in [4.69, 9.17) is 4.74 Å². The predicted molar refractivity (Wildman–Crippen MR) is 90.3 cm³/mol. The van der Waals surface area contributed by atoms with E-state index in [2.05, 4.69) is 10.4 Å². The Morgan fingerprint density at radius 2 is 1.96 bits per heavy atom. The summed E-state index contributed by atoms with van der Waals surface area (Å²) >= 11 is 0. The van der Waals surface area contributed by atoms with Gasteiger partial charge in [-0.05, 0) is 36.4 Å². The Labute approximate surface area is 144 Å². The number of nitrogens with one attached hydrogen (secondary N) is 1. The molecule has 1 unspecified atom stereocenters. The Morgan fingerprint density at radius 3 is 2.80 bits per heavy atom. The number of hydrogen-bond donors (Lipinski definition) is 1. The summed E-state index contributed by atoms with van der Waals surface area (Å²) in [7, 11) is 0. The number of carbonyl (C=O) groups excluding carboxylic acids is 1. The molecule has 6 heteroatoms. The van der Waals surface area contributed by atoms with Gasteiger partial charge in [0.1, 0.15) is 11.6 Å². The van der Waals surface area contributed by atoms with Gasteiger partial charge >= 0.3 is 0 Å². The Bertz CT molecular complexity index is 905. The number of para-hydroxylation sites is 1. The van der Waals surface area contributed by atoms with Crippen molar-refractivity contribution in [3.05, 3.63) is 77.9 Å². The number of fused-ring (bicyclic) bond motifs is 1. The molecule has 25 heavy (non-hydrogen) atoms. The number of amides is 1. The van der Waals surface area contributed by atoms with E-state index >= 15 is 0 Å². The first-order chi connectivity index (χ1) is 12.2. The minimum Gasteiger partial charge on any atom is -0.493 e. The first-order valence-electron chi connectivity index (χ1n) is 8.05. The average Bonchev–Trinajstić information content (AvgIpc) is 3.13. The number of aromatic nitrogens is 2. The van der Waals surface area contributed by atoms with E-state index in [1.165, 1.54) is 12.1 Å². The molecule has 0 saturated heterocycles. The Morgan fingerprint density at radius 1 is 1.16 bits per heavy atom. The molecule has 2 aromatic carbocycles. The van der Waals surface area contributed by atoms with E-state index < -0.39 is 0 Å².